The zero-order valence-corrected chi connectivity index (χ0v) is 21.4. The van der Waals surface area contributed by atoms with Crippen molar-refractivity contribution in [3.63, 3.8) is 0 Å². The summed E-state index contributed by atoms with van der Waals surface area (Å²) in [7, 11) is 1.86. The molecule has 2 heterocycles. The normalized spacial score (nSPS) is 23.6. The number of halogens is 1. The van der Waals surface area contributed by atoms with E-state index in [0.29, 0.717) is 5.92 Å². The van der Waals surface area contributed by atoms with Crippen LogP contribution in [0.25, 0.3) is 0 Å². The highest BCUT2D eigenvalue weighted by Gasteiger charge is 2.27. The third kappa shape index (κ3) is 7.68. The minimum Gasteiger partial charge on any atom is -0.373 e. The van der Waals surface area contributed by atoms with Gasteiger partial charge in [0.1, 0.15) is 0 Å². The molecule has 0 amide bonds. The fraction of sp³-hybridized carbons (Fsp3) is 0.708. The van der Waals surface area contributed by atoms with Gasteiger partial charge in [0.05, 0.1) is 6.10 Å². The van der Waals surface area contributed by atoms with Crippen molar-refractivity contribution in [1.29, 1.82) is 0 Å². The first-order valence-corrected chi connectivity index (χ1v) is 11.5. The van der Waals surface area contributed by atoms with E-state index < -0.39 is 0 Å². The van der Waals surface area contributed by atoms with Crippen molar-refractivity contribution in [2.24, 2.45) is 16.8 Å². The second-order valence-corrected chi connectivity index (χ2v) is 8.65. The van der Waals surface area contributed by atoms with E-state index in [4.69, 9.17) is 4.74 Å². The minimum absolute atomic E-state index is 0. The van der Waals surface area contributed by atoms with Gasteiger partial charge in [0.15, 0.2) is 5.96 Å². The zero-order chi connectivity index (χ0) is 20.5. The molecule has 0 spiro atoms. The number of likely N-dealkylation sites (tertiary alicyclic amines) is 1. The summed E-state index contributed by atoms with van der Waals surface area (Å²) in [5, 5.41) is 7.08. The third-order valence-electron chi connectivity index (χ3n) is 6.61. The number of piperidine rings is 1. The maximum absolute atomic E-state index is 6.16. The summed E-state index contributed by atoms with van der Waals surface area (Å²) in [6, 6.07) is 8.80. The topological polar surface area (TPSA) is 48.9 Å². The van der Waals surface area contributed by atoms with Crippen molar-refractivity contribution in [3.05, 3.63) is 35.4 Å². The minimum atomic E-state index is 0. The first kappa shape index (κ1) is 25.4. The van der Waals surface area contributed by atoms with Gasteiger partial charge in [0, 0.05) is 32.7 Å². The number of aliphatic imine (C=N–C) groups is 1. The van der Waals surface area contributed by atoms with E-state index in [1.165, 1.54) is 56.4 Å². The molecule has 2 atom stereocenters. The second-order valence-electron chi connectivity index (χ2n) is 8.65. The molecule has 0 saturated carbocycles. The highest BCUT2D eigenvalue weighted by atomic mass is 127. The molecule has 6 heteroatoms. The molecular formula is C24H41IN4O. The molecule has 2 N–H and O–H groups in total. The first-order chi connectivity index (χ1) is 14.2. The third-order valence-corrected chi connectivity index (χ3v) is 6.61. The quantitative estimate of drug-likeness (QED) is 0.314. The largest absolute Gasteiger partial charge is 0.373 e. The molecule has 1 aromatic carbocycles. The summed E-state index contributed by atoms with van der Waals surface area (Å²) in [4.78, 5) is 6.99. The average Bonchev–Trinajstić information content (AvgIpc) is 2.77. The number of nitrogens with one attached hydrogen (secondary N) is 2. The molecule has 170 valence electrons. The van der Waals surface area contributed by atoms with Gasteiger partial charge in [-0.3, -0.25) is 4.99 Å². The lowest BCUT2D eigenvalue weighted by Crippen LogP contribution is -2.43. The number of ether oxygens (including phenoxy) is 1. The Morgan fingerprint density at radius 2 is 1.87 bits per heavy atom. The molecule has 30 heavy (non-hydrogen) atoms. The Hall–Kier alpha value is -0.860. The van der Waals surface area contributed by atoms with Crippen LogP contribution in [0.3, 0.4) is 0 Å². The van der Waals surface area contributed by atoms with E-state index in [2.05, 4.69) is 58.6 Å². The fourth-order valence-corrected chi connectivity index (χ4v) is 4.61. The predicted molar refractivity (Wildman–Crippen MR) is 137 cm³/mol. The Morgan fingerprint density at radius 3 is 2.53 bits per heavy atom. The summed E-state index contributed by atoms with van der Waals surface area (Å²) < 4.78 is 6.16. The summed E-state index contributed by atoms with van der Waals surface area (Å²) in [6.07, 6.45) is 6.41. The summed E-state index contributed by atoms with van der Waals surface area (Å²) >= 11 is 0. The Labute approximate surface area is 200 Å². The van der Waals surface area contributed by atoms with E-state index in [1.807, 2.05) is 7.05 Å². The first-order valence-electron chi connectivity index (χ1n) is 11.5. The smallest absolute Gasteiger partial charge is 0.190 e. The molecule has 2 fully saturated rings. The molecule has 1 aromatic rings. The Kier molecular flexibility index (Phi) is 11.5. The number of aryl methyl sites for hydroxylation is 1. The van der Waals surface area contributed by atoms with Crippen LogP contribution >= 0.6 is 24.0 Å². The summed E-state index contributed by atoms with van der Waals surface area (Å²) in [5.74, 6) is 2.24. The van der Waals surface area contributed by atoms with Crippen LogP contribution < -0.4 is 10.6 Å². The van der Waals surface area contributed by atoms with Gasteiger partial charge in [-0.2, -0.15) is 0 Å². The highest BCUT2D eigenvalue weighted by Crippen LogP contribution is 2.33. The van der Waals surface area contributed by atoms with Gasteiger partial charge in [-0.05, 0) is 70.1 Å². The number of hydrogen-bond acceptors (Lipinski definition) is 3. The number of guanidine groups is 1. The Bertz CT molecular complexity index is 629. The standard InChI is InChI=1S/C24H40N4O.HI/c1-4-28-15-12-20(13-16-28)11-14-26-24(25-3)27-18-22-6-5-17-29-23(22)21-9-7-19(2)8-10-21;/h7-10,20,22-23H,4-6,11-18H2,1-3H3,(H2,25,26,27);1H. The molecule has 0 aliphatic carbocycles. The SMILES string of the molecule is CCN1CCC(CCNC(=NC)NCC2CCCOC2c2ccc(C)cc2)CC1.I. The van der Waals surface area contributed by atoms with Crippen molar-refractivity contribution < 1.29 is 4.74 Å². The van der Waals surface area contributed by atoms with Crippen molar-refractivity contribution >= 4 is 29.9 Å². The van der Waals surface area contributed by atoms with Gasteiger partial charge in [-0.1, -0.05) is 36.8 Å². The van der Waals surface area contributed by atoms with Crippen molar-refractivity contribution in [3.8, 4) is 0 Å². The molecule has 0 radical (unpaired) electrons. The van der Waals surface area contributed by atoms with E-state index in [-0.39, 0.29) is 30.1 Å². The summed E-state index contributed by atoms with van der Waals surface area (Å²) in [5.41, 5.74) is 2.59. The van der Waals surface area contributed by atoms with Gasteiger partial charge in [0.25, 0.3) is 0 Å². The monoisotopic (exact) mass is 528 g/mol. The van der Waals surface area contributed by atoms with Crippen LogP contribution in [0, 0.1) is 18.8 Å². The van der Waals surface area contributed by atoms with Crippen LogP contribution in [0.2, 0.25) is 0 Å². The highest BCUT2D eigenvalue weighted by molar-refractivity contribution is 14.0. The summed E-state index contributed by atoms with van der Waals surface area (Å²) in [6.45, 7) is 10.9. The van der Waals surface area contributed by atoms with Crippen LogP contribution in [0.5, 0.6) is 0 Å². The fourth-order valence-electron chi connectivity index (χ4n) is 4.61. The van der Waals surface area contributed by atoms with E-state index in [9.17, 15) is 0 Å². The number of hydrogen-bond donors (Lipinski definition) is 2. The van der Waals surface area contributed by atoms with Crippen LogP contribution in [-0.4, -0.2) is 57.2 Å². The van der Waals surface area contributed by atoms with Crippen LogP contribution in [0.15, 0.2) is 29.3 Å². The zero-order valence-electron chi connectivity index (χ0n) is 19.0. The van der Waals surface area contributed by atoms with Crippen molar-refractivity contribution in [2.75, 3.05) is 46.4 Å². The molecule has 2 saturated heterocycles. The van der Waals surface area contributed by atoms with Gasteiger partial charge in [-0.25, -0.2) is 0 Å². The molecule has 3 rings (SSSR count). The van der Waals surface area contributed by atoms with Crippen molar-refractivity contribution in [1.82, 2.24) is 15.5 Å². The predicted octanol–water partition coefficient (Wildman–Crippen LogP) is 4.37. The molecule has 2 unspecified atom stereocenters. The molecule has 0 aromatic heterocycles. The van der Waals surface area contributed by atoms with E-state index in [0.717, 1.165) is 38.0 Å². The van der Waals surface area contributed by atoms with Crippen LogP contribution in [0.1, 0.15) is 56.3 Å². The lowest BCUT2D eigenvalue weighted by molar-refractivity contribution is -0.0265. The van der Waals surface area contributed by atoms with Gasteiger partial charge in [0.2, 0.25) is 0 Å². The van der Waals surface area contributed by atoms with Gasteiger partial charge >= 0.3 is 0 Å². The maximum atomic E-state index is 6.16. The lowest BCUT2D eigenvalue weighted by Gasteiger charge is -2.33. The number of nitrogens with zero attached hydrogens (tertiary/aromatic N) is 2. The number of benzene rings is 1. The Morgan fingerprint density at radius 1 is 1.13 bits per heavy atom. The molecular weight excluding hydrogens is 487 g/mol. The van der Waals surface area contributed by atoms with Gasteiger partial charge in [-0.15, -0.1) is 24.0 Å². The molecule has 2 aliphatic rings. The van der Waals surface area contributed by atoms with Gasteiger partial charge < -0.3 is 20.3 Å². The molecule has 5 nitrogen and oxygen atoms in total. The van der Waals surface area contributed by atoms with E-state index >= 15 is 0 Å². The van der Waals surface area contributed by atoms with Crippen LogP contribution in [-0.2, 0) is 4.74 Å². The van der Waals surface area contributed by atoms with Crippen LogP contribution in [0.4, 0.5) is 0 Å². The van der Waals surface area contributed by atoms with E-state index in [1.54, 1.807) is 0 Å². The second kappa shape index (κ2) is 13.5. The lowest BCUT2D eigenvalue weighted by atomic mass is 9.89. The van der Waals surface area contributed by atoms with Crippen molar-refractivity contribution in [2.45, 2.75) is 52.1 Å². The molecule has 2 aliphatic heterocycles. The number of rotatable bonds is 7. The Balaban J connectivity index is 0.00000320. The molecule has 0 bridgehead atoms. The maximum Gasteiger partial charge on any atom is 0.190 e. The average molecular weight is 529 g/mol.